The van der Waals surface area contributed by atoms with Crippen molar-refractivity contribution in [1.82, 2.24) is 0 Å². The SMILES string of the molecule is [Cl-].[Cl-].[Zr+2][C]1(C2C=Cc3ccccc32)C=CC=C1. The summed E-state index contributed by atoms with van der Waals surface area (Å²) < 4.78 is 0.260. The first-order chi connectivity index (χ1) is 7.30. The molecule has 0 spiro atoms. The molecule has 0 heterocycles. The van der Waals surface area contributed by atoms with Gasteiger partial charge >= 0.3 is 106 Å². The van der Waals surface area contributed by atoms with Gasteiger partial charge in [0.1, 0.15) is 0 Å². The molecule has 0 radical (unpaired) electrons. The molecular weight excluding hydrogens is 330 g/mol. The number of benzene rings is 1. The molecule has 0 N–H and O–H groups in total. The fourth-order valence-electron chi connectivity index (χ4n) is 2.36. The number of hydrogen-bond donors (Lipinski definition) is 0. The standard InChI is InChI=1S/C14H11.2ClH.Zr/c1-2-6-11(5-1)14-10-9-12-7-3-4-8-13(12)14;;;/h1-10,14H;2*1H;/q;;;+2/p-2. The summed E-state index contributed by atoms with van der Waals surface area (Å²) >= 11 is 1.57. The molecule has 85 valence electrons. The molecule has 0 nitrogen and oxygen atoms in total. The van der Waals surface area contributed by atoms with Crippen molar-refractivity contribution in [2.45, 2.75) is 9.04 Å². The molecule has 0 amide bonds. The Morgan fingerprint density at radius 1 is 1.00 bits per heavy atom. The third-order valence-corrected chi connectivity index (χ3v) is 4.75. The average molecular weight is 341 g/mol. The van der Waals surface area contributed by atoms with Crippen molar-refractivity contribution in [3.8, 4) is 0 Å². The summed E-state index contributed by atoms with van der Waals surface area (Å²) in [4.78, 5) is 0. The first-order valence-electron chi connectivity index (χ1n) is 5.19. The van der Waals surface area contributed by atoms with Gasteiger partial charge in [-0.1, -0.05) is 0 Å². The van der Waals surface area contributed by atoms with E-state index < -0.39 is 0 Å². The summed E-state index contributed by atoms with van der Waals surface area (Å²) in [5.41, 5.74) is 2.86. The molecule has 0 saturated carbocycles. The van der Waals surface area contributed by atoms with E-state index in [0.29, 0.717) is 5.92 Å². The fourth-order valence-corrected chi connectivity index (χ4v) is 3.45. The Morgan fingerprint density at radius 2 is 1.65 bits per heavy atom. The van der Waals surface area contributed by atoms with E-state index in [1.165, 1.54) is 11.1 Å². The Hall–Kier alpha value is -0.0969. The topological polar surface area (TPSA) is 0 Å². The molecule has 2 aliphatic carbocycles. The Bertz CT molecular complexity index is 477. The molecule has 0 fully saturated rings. The molecule has 0 bridgehead atoms. The van der Waals surface area contributed by atoms with Crippen molar-refractivity contribution in [1.29, 1.82) is 0 Å². The third kappa shape index (κ3) is 2.52. The number of halogens is 2. The van der Waals surface area contributed by atoms with E-state index in [4.69, 9.17) is 0 Å². The maximum atomic E-state index is 2.35. The van der Waals surface area contributed by atoms with Crippen LogP contribution in [0.15, 0.2) is 54.6 Å². The Balaban J connectivity index is 0.000000722. The van der Waals surface area contributed by atoms with Gasteiger partial charge in [0.25, 0.3) is 0 Å². The van der Waals surface area contributed by atoms with E-state index >= 15 is 0 Å². The molecule has 17 heavy (non-hydrogen) atoms. The van der Waals surface area contributed by atoms with E-state index in [2.05, 4.69) is 60.7 Å². The van der Waals surface area contributed by atoms with Gasteiger partial charge in [0.2, 0.25) is 0 Å². The van der Waals surface area contributed by atoms with Crippen molar-refractivity contribution in [2.75, 3.05) is 0 Å². The zero-order valence-corrected chi connectivity index (χ0v) is 13.1. The van der Waals surface area contributed by atoms with Crippen LogP contribution >= 0.6 is 0 Å². The summed E-state index contributed by atoms with van der Waals surface area (Å²) in [5, 5.41) is 0. The van der Waals surface area contributed by atoms with Crippen LogP contribution in [-0.2, 0) is 24.7 Å². The van der Waals surface area contributed by atoms with Crippen molar-refractivity contribution in [2.24, 2.45) is 0 Å². The Kier molecular flexibility index (Phi) is 5.01. The first kappa shape index (κ1) is 15.0. The maximum absolute atomic E-state index is 2.35. The predicted molar refractivity (Wildman–Crippen MR) is 59.2 cm³/mol. The van der Waals surface area contributed by atoms with Crippen molar-refractivity contribution in [3.05, 3.63) is 65.8 Å². The number of hydrogen-bond acceptors (Lipinski definition) is 0. The van der Waals surface area contributed by atoms with Crippen molar-refractivity contribution < 1.29 is 49.5 Å². The van der Waals surface area contributed by atoms with E-state index in [-0.39, 0.29) is 27.9 Å². The molecule has 0 aromatic heterocycles. The quantitative estimate of drug-likeness (QED) is 0.536. The van der Waals surface area contributed by atoms with Gasteiger partial charge in [-0.25, -0.2) is 0 Å². The van der Waals surface area contributed by atoms with E-state index in [1.807, 2.05) is 0 Å². The number of allylic oxidation sites excluding steroid dienone is 5. The van der Waals surface area contributed by atoms with Crippen molar-refractivity contribution >= 4 is 6.08 Å². The first-order valence-corrected chi connectivity index (χ1v) is 6.42. The van der Waals surface area contributed by atoms with Crippen LogP contribution in [0.3, 0.4) is 0 Å². The van der Waals surface area contributed by atoms with Crippen LogP contribution in [0.4, 0.5) is 0 Å². The van der Waals surface area contributed by atoms with Crippen LogP contribution in [0.5, 0.6) is 0 Å². The zero-order valence-electron chi connectivity index (χ0n) is 9.11. The fraction of sp³-hybridized carbons (Fsp3) is 0.143. The van der Waals surface area contributed by atoms with Gasteiger partial charge in [-0.15, -0.1) is 0 Å². The molecule has 3 rings (SSSR count). The second-order valence-corrected chi connectivity index (χ2v) is 6.25. The second-order valence-electron chi connectivity index (χ2n) is 4.12. The molecule has 1 unspecified atom stereocenters. The van der Waals surface area contributed by atoms with Gasteiger partial charge in [-0.2, -0.15) is 0 Å². The zero-order chi connectivity index (χ0) is 10.3. The minimum atomic E-state index is 0. The molecular formula is C14H11Cl2Zr. The molecule has 1 atom stereocenters. The van der Waals surface area contributed by atoms with Crippen molar-refractivity contribution in [3.63, 3.8) is 0 Å². The summed E-state index contributed by atoms with van der Waals surface area (Å²) in [5.74, 6) is 0.543. The van der Waals surface area contributed by atoms with Crippen LogP contribution in [0.1, 0.15) is 17.0 Å². The van der Waals surface area contributed by atoms with Crippen LogP contribution in [0, 0.1) is 0 Å². The van der Waals surface area contributed by atoms with Gasteiger partial charge in [0.15, 0.2) is 0 Å². The Labute approximate surface area is 130 Å². The monoisotopic (exact) mass is 339 g/mol. The van der Waals surface area contributed by atoms with E-state index in [0.717, 1.165) is 0 Å². The summed E-state index contributed by atoms with van der Waals surface area (Å²) in [7, 11) is 0. The molecule has 2 aliphatic rings. The van der Waals surface area contributed by atoms with E-state index in [1.54, 1.807) is 24.7 Å². The van der Waals surface area contributed by atoms with Gasteiger partial charge in [0.05, 0.1) is 0 Å². The number of fused-ring (bicyclic) bond motifs is 1. The predicted octanol–water partition coefficient (Wildman–Crippen LogP) is -2.36. The summed E-state index contributed by atoms with van der Waals surface area (Å²) in [6, 6.07) is 8.71. The summed E-state index contributed by atoms with van der Waals surface area (Å²) in [6.07, 6.45) is 13.6. The van der Waals surface area contributed by atoms with Gasteiger partial charge in [-0.05, 0) is 0 Å². The Morgan fingerprint density at radius 3 is 2.35 bits per heavy atom. The minimum absolute atomic E-state index is 0. The van der Waals surface area contributed by atoms with Crippen LogP contribution in [-0.4, -0.2) is 0 Å². The third-order valence-electron chi connectivity index (χ3n) is 3.17. The normalized spacial score (nSPS) is 21.9. The molecule has 0 saturated heterocycles. The molecule has 1 aromatic rings. The average Bonchev–Trinajstić information content (AvgIpc) is 2.84. The van der Waals surface area contributed by atoms with Crippen LogP contribution in [0.2, 0.25) is 3.12 Å². The van der Waals surface area contributed by atoms with E-state index in [9.17, 15) is 0 Å². The number of rotatable bonds is 1. The molecule has 3 heteroatoms. The molecule has 0 aliphatic heterocycles. The second kappa shape index (κ2) is 5.70. The van der Waals surface area contributed by atoms with Gasteiger partial charge in [-0.3, -0.25) is 0 Å². The van der Waals surface area contributed by atoms with Crippen LogP contribution < -0.4 is 24.8 Å². The summed E-state index contributed by atoms with van der Waals surface area (Å²) in [6.45, 7) is 0. The van der Waals surface area contributed by atoms with Crippen LogP contribution in [0.25, 0.3) is 6.08 Å². The molecule has 1 aromatic carbocycles. The van der Waals surface area contributed by atoms with Gasteiger partial charge < -0.3 is 24.8 Å². The van der Waals surface area contributed by atoms with Gasteiger partial charge in [0, 0.05) is 0 Å².